The fraction of sp³-hybridized carbons (Fsp3) is 0.185. The number of halogens is 1. The van der Waals surface area contributed by atoms with Crippen molar-refractivity contribution < 1.29 is 4.74 Å². The van der Waals surface area contributed by atoms with Gasteiger partial charge in [-0.15, -0.1) is 11.3 Å². The van der Waals surface area contributed by atoms with Crippen LogP contribution < -0.4 is 10.2 Å². The molecule has 1 N–H and O–H groups in total. The van der Waals surface area contributed by atoms with Gasteiger partial charge in [-0.2, -0.15) is 5.10 Å². The van der Waals surface area contributed by atoms with Crippen molar-refractivity contribution in [1.29, 1.82) is 0 Å². The van der Waals surface area contributed by atoms with E-state index in [1.807, 2.05) is 48.5 Å². The van der Waals surface area contributed by atoms with Crippen LogP contribution in [0.2, 0.25) is 5.02 Å². The minimum absolute atomic E-state index is 0.654. The summed E-state index contributed by atoms with van der Waals surface area (Å²) in [5.74, 6) is 1.52. The van der Waals surface area contributed by atoms with Crippen molar-refractivity contribution in [3.63, 3.8) is 0 Å². The molecule has 166 valence electrons. The SMILES string of the molecule is CCCCOc1ccc(C2=NNC(c3sc4cc(C)ccc4c3Cl)=Nc3ccccc32)cc1. The Morgan fingerprint density at radius 1 is 1.03 bits per heavy atom. The lowest BCUT2D eigenvalue weighted by Gasteiger charge is -2.09. The highest BCUT2D eigenvalue weighted by Gasteiger charge is 2.21. The summed E-state index contributed by atoms with van der Waals surface area (Å²) in [7, 11) is 0. The number of fused-ring (bicyclic) bond motifs is 2. The number of nitrogens with one attached hydrogen (secondary N) is 1. The maximum atomic E-state index is 6.77. The average molecular weight is 474 g/mol. The van der Waals surface area contributed by atoms with Crippen LogP contribution >= 0.6 is 22.9 Å². The Labute approximate surface area is 202 Å². The summed E-state index contributed by atoms with van der Waals surface area (Å²) in [5, 5.41) is 6.50. The molecule has 3 aromatic carbocycles. The number of thiophene rings is 1. The van der Waals surface area contributed by atoms with Crippen molar-refractivity contribution in [3.05, 3.63) is 93.3 Å². The van der Waals surface area contributed by atoms with Crippen molar-refractivity contribution in [3.8, 4) is 5.75 Å². The van der Waals surface area contributed by atoms with E-state index in [-0.39, 0.29) is 0 Å². The Hall–Kier alpha value is -3.15. The molecule has 0 spiro atoms. The number of para-hydroxylation sites is 1. The Balaban J connectivity index is 1.52. The van der Waals surface area contributed by atoms with E-state index in [9.17, 15) is 0 Å². The van der Waals surface area contributed by atoms with Crippen LogP contribution in [0.15, 0.2) is 76.8 Å². The number of ether oxygens (including phenoxy) is 1. The fourth-order valence-electron chi connectivity index (χ4n) is 3.78. The van der Waals surface area contributed by atoms with Crippen molar-refractivity contribution in [2.24, 2.45) is 10.1 Å². The molecule has 6 heteroatoms. The first-order chi connectivity index (χ1) is 16.1. The molecule has 4 nitrogen and oxygen atoms in total. The number of hydrazone groups is 1. The largest absolute Gasteiger partial charge is 0.494 e. The van der Waals surface area contributed by atoms with Gasteiger partial charge in [-0.1, -0.05) is 55.3 Å². The minimum Gasteiger partial charge on any atom is -0.494 e. The van der Waals surface area contributed by atoms with Gasteiger partial charge in [0.2, 0.25) is 0 Å². The van der Waals surface area contributed by atoms with E-state index in [4.69, 9.17) is 26.4 Å². The quantitative estimate of drug-likeness (QED) is 0.295. The minimum atomic E-state index is 0.654. The summed E-state index contributed by atoms with van der Waals surface area (Å²) in [6, 6.07) is 22.4. The zero-order chi connectivity index (χ0) is 22.8. The molecule has 0 amide bonds. The van der Waals surface area contributed by atoms with E-state index >= 15 is 0 Å². The normalized spacial score (nSPS) is 13.1. The second kappa shape index (κ2) is 9.38. The average Bonchev–Trinajstić information content (AvgIpc) is 3.03. The van der Waals surface area contributed by atoms with Crippen LogP contribution in [-0.4, -0.2) is 18.2 Å². The first-order valence-electron chi connectivity index (χ1n) is 11.1. The lowest BCUT2D eigenvalue weighted by Crippen LogP contribution is -2.19. The van der Waals surface area contributed by atoms with E-state index in [2.05, 4.69) is 37.5 Å². The number of benzene rings is 3. The van der Waals surface area contributed by atoms with Crippen LogP contribution in [0.3, 0.4) is 0 Å². The number of nitrogens with zero attached hydrogens (tertiary/aromatic N) is 2. The molecule has 0 radical (unpaired) electrons. The van der Waals surface area contributed by atoms with Gasteiger partial charge in [0.15, 0.2) is 5.84 Å². The zero-order valence-electron chi connectivity index (χ0n) is 18.6. The Bertz CT molecular complexity index is 1370. The Morgan fingerprint density at radius 2 is 1.85 bits per heavy atom. The number of hydrogen-bond donors (Lipinski definition) is 1. The molecular weight excluding hydrogens is 450 g/mol. The first kappa shape index (κ1) is 21.7. The van der Waals surface area contributed by atoms with E-state index in [0.29, 0.717) is 10.9 Å². The number of unbranched alkanes of at least 4 members (excludes halogenated alkanes) is 1. The summed E-state index contributed by atoms with van der Waals surface area (Å²) in [6.07, 6.45) is 2.16. The van der Waals surface area contributed by atoms with Crippen LogP contribution in [0, 0.1) is 6.92 Å². The van der Waals surface area contributed by atoms with Crippen LogP contribution in [-0.2, 0) is 0 Å². The maximum absolute atomic E-state index is 6.77. The predicted molar refractivity (Wildman–Crippen MR) is 140 cm³/mol. The molecule has 1 aliphatic heterocycles. The smallest absolute Gasteiger partial charge is 0.165 e. The monoisotopic (exact) mass is 473 g/mol. The van der Waals surface area contributed by atoms with Crippen LogP contribution in [0.25, 0.3) is 10.1 Å². The van der Waals surface area contributed by atoms with Gasteiger partial charge in [-0.25, -0.2) is 4.99 Å². The molecule has 1 aliphatic rings. The Kier molecular flexibility index (Phi) is 6.16. The van der Waals surface area contributed by atoms with Crippen LogP contribution in [0.5, 0.6) is 5.75 Å². The lowest BCUT2D eigenvalue weighted by atomic mass is 10.0. The third-order valence-corrected chi connectivity index (χ3v) is 7.22. The summed E-state index contributed by atoms with van der Waals surface area (Å²) < 4.78 is 6.96. The second-order valence-corrected chi connectivity index (χ2v) is 9.45. The number of hydrogen-bond acceptors (Lipinski definition) is 5. The van der Waals surface area contributed by atoms with E-state index in [1.54, 1.807) is 11.3 Å². The highest BCUT2D eigenvalue weighted by molar-refractivity contribution is 7.21. The number of aliphatic imine (C=N–C) groups is 1. The van der Waals surface area contributed by atoms with Crippen molar-refractivity contribution in [2.45, 2.75) is 26.7 Å². The van der Waals surface area contributed by atoms with Crippen LogP contribution in [0.4, 0.5) is 5.69 Å². The second-order valence-electron chi connectivity index (χ2n) is 8.02. The van der Waals surface area contributed by atoms with E-state index in [0.717, 1.165) is 62.7 Å². The lowest BCUT2D eigenvalue weighted by molar-refractivity contribution is 0.309. The van der Waals surface area contributed by atoms with E-state index < -0.39 is 0 Å². The topological polar surface area (TPSA) is 46.0 Å². The van der Waals surface area contributed by atoms with Gasteiger partial charge in [0.25, 0.3) is 0 Å². The number of amidine groups is 1. The van der Waals surface area contributed by atoms with Crippen molar-refractivity contribution >= 4 is 50.3 Å². The molecule has 5 rings (SSSR count). The summed E-state index contributed by atoms with van der Waals surface area (Å²) >= 11 is 8.40. The highest BCUT2D eigenvalue weighted by atomic mass is 35.5. The molecule has 0 fully saturated rings. The van der Waals surface area contributed by atoms with E-state index in [1.165, 1.54) is 5.56 Å². The van der Waals surface area contributed by atoms with Gasteiger partial charge >= 0.3 is 0 Å². The molecule has 4 aromatic rings. The third-order valence-electron chi connectivity index (χ3n) is 5.56. The molecule has 2 heterocycles. The molecular formula is C27H24ClN3OS. The zero-order valence-corrected chi connectivity index (χ0v) is 20.1. The summed E-state index contributed by atoms with van der Waals surface area (Å²) in [5.41, 5.74) is 8.04. The third kappa shape index (κ3) is 4.39. The highest BCUT2D eigenvalue weighted by Crippen LogP contribution is 2.37. The number of aryl methyl sites for hydroxylation is 1. The van der Waals surface area contributed by atoms with Gasteiger partial charge < -0.3 is 4.74 Å². The molecule has 0 bridgehead atoms. The van der Waals surface area contributed by atoms with Gasteiger partial charge in [-0.3, -0.25) is 5.43 Å². The van der Waals surface area contributed by atoms with Crippen molar-refractivity contribution in [1.82, 2.24) is 5.43 Å². The van der Waals surface area contributed by atoms with Crippen molar-refractivity contribution in [2.75, 3.05) is 6.61 Å². The number of rotatable bonds is 6. The maximum Gasteiger partial charge on any atom is 0.165 e. The first-order valence-corrected chi connectivity index (χ1v) is 12.3. The van der Waals surface area contributed by atoms with Gasteiger partial charge in [-0.05, 0) is 55.3 Å². The molecule has 0 unspecified atom stereocenters. The molecule has 0 atom stereocenters. The van der Waals surface area contributed by atoms with Gasteiger partial charge in [0.1, 0.15) is 5.75 Å². The molecule has 0 saturated carbocycles. The molecule has 0 aliphatic carbocycles. The van der Waals surface area contributed by atoms with Gasteiger partial charge in [0.05, 0.1) is 27.9 Å². The van der Waals surface area contributed by atoms with Crippen LogP contribution in [0.1, 0.15) is 41.3 Å². The van der Waals surface area contributed by atoms with Gasteiger partial charge in [0, 0.05) is 21.2 Å². The fourth-order valence-corrected chi connectivity index (χ4v) is 5.33. The molecule has 33 heavy (non-hydrogen) atoms. The molecule has 0 saturated heterocycles. The molecule has 1 aromatic heterocycles. The predicted octanol–water partition coefficient (Wildman–Crippen LogP) is 7.48. The Morgan fingerprint density at radius 3 is 2.67 bits per heavy atom. The standard InChI is InChI=1S/C27H24ClN3OS/c1-3-4-15-32-19-12-10-18(11-13-19)25-20-7-5-6-8-22(20)29-27(31-30-25)26-24(28)21-14-9-17(2)16-23(21)33-26/h5-14,16H,3-4,15H2,1-2H3,(H,29,31). The summed E-state index contributed by atoms with van der Waals surface area (Å²) in [4.78, 5) is 5.81. The summed E-state index contributed by atoms with van der Waals surface area (Å²) in [6.45, 7) is 4.97.